The van der Waals surface area contributed by atoms with Crippen molar-refractivity contribution in [3.8, 4) is 0 Å². The molecule has 0 spiro atoms. The van der Waals surface area contributed by atoms with E-state index >= 15 is 0 Å². The molecule has 1 aromatic carbocycles. The Balaban J connectivity index is 1.50. The van der Waals surface area contributed by atoms with E-state index in [2.05, 4.69) is 12.2 Å². The maximum absolute atomic E-state index is 12.2. The van der Waals surface area contributed by atoms with E-state index in [1.165, 1.54) is 25.3 Å². The first-order chi connectivity index (χ1) is 12.1. The normalized spacial score (nSPS) is 20.5. The van der Waals surface area contributed by atoms with E-state index < -0.39 is 0 Å². The van der Waals surface area contributed by atoms with Crippen LogP contribution >= 0.6 is 0 Å². The molecule has 0 aliphatic heterocycles. The van der Waals surface area contributed by atoms with E-state index in [0.29, 0.717) is 30.6 Å². The Morgan fingerprint density at radius 1 is 1.24 bits per heavy atom. The molecule has 134 valence electrons. The molecule has 1 aliphatic carbocycles. The minimum Gasteiger partial charge on any atom is -0.376 e. The number of amides is 1. The number of nitrogens with one attached hydrogen (secondary N) is 1. The molecular formula is C20H26N2O3. The molecule has 1 saturated carbocycles. The molecular weight excluding hydrogens is 316 g/mol. The van der Waals surface area contributed by atoms with Gasteiger partial charge in [-0.1, -0.05) is 31.9 Å². The smallest absolute Gasteiger partial charge is 0.240 e. The first-order valence-corrected chi connectivity index (χ1v) is 9.11. The van der Waals surface area contributed by atoms with Crippen molar-refractivity contribution in [3.05, 3.63) is 46.8 Å². The molecule has 1 amide bonds. The average Bonchev–Trinajstić information content (AvgIpc) is 2.63. The molecule has 0 saturated heterocycles. The molecule has 0 bridgehead atoms. The molecule has 1 fully saturated rings. The van der Waals surface area contributed by atoms with E-state index in [4.69, 9.17) is 4.74 Å². The van der Waals surface area contributed by atoms with E-state index in [9.17, 15) is 9.59 Å². The van der Waals surface area contributed by atoms with Gasteiger partial charge in [-0.05, 0) is 30.9 Å². The van der Waals surface area contributed by atoms with Crippen LogP contribution in [0.3, 0.4) is 0 Å². The first kappa shape index (κ1) is 17.7. The van der Waals surface area contributed by atoms with Crippen molar-refractivity contribution in [2.24, 2.45) is 5.92 Å². The maximum Gasteiger partial charge on any atom is 0.240 e. The lowest BCUT2D eigenvalue weighted by Gasteiger charge is -2.28. The second-order valence-electron chi connectivity index (χ2n) is 6.85. The minimum atomic E-state index is -0.0749. The number of para-hydroxylation sites is 1. The van der Waals surface area contributed by atoms with Gasteiger partial charge in [0.2, 0.25) is 5.91 Å². The van der Waals surface area contributed by atoms with Crippen LogP contribution in [-0.4, -0.2) is 29.7 Å². The van der Waals surface area contributed by atoms with Gasteiger partial charge in [0.25, 0.3) is 0 Å². The molecule has 2 aromatic rings. The highest BCUT2D eigenvalue weighted by Gasteiger charge is 2.21. The van der Waals surface area contributed by atoms with Gasteiger partial charge in [0.05, 0.1) is 18.2 Å². The standard InChI is InChI=1S/C20H26N2O3/c1-15-6-2-5-9-19(15)25-13-11-21-20(24)14-22-12-10-18(23)16-7-3-4-8-17(16)22/h3-4,7-8,10,12,15,19H,2,5-6,9,11,13-14H2,1H3,(H,21,24)/t15-,19+/m0/s1. The van der Waals surface area contributed by atoms with Crippen LogP contribution in [0, 0.1) is 5.92 Å². The van der Waals surface area contributed by atoms with Gasteiger partial charge in [0.15, 0.2) is 5.43 Å². The van der Waals surface area contributed by atoms with Crippen molar-refractivity contribution in [1.29, 1.82) is 0 Å². The zero-order chi connectivity index (χ0) is 17.6. The summed E-state index contributed by atoms with van der Waals surface area (Å²) in [7, 11) is 0. The summed E-state index contributed by atoms with van der Waals surface area (Å²) in [6.07, 6.45) is 6.89. The van der Waals surface area contributed by atoms with E-state index in [-0.39, 0.29) is 17.9 Å². The van der Waals surface area contributed by atoms with Crippen LogP contribution in [-0.2, 0) is 16.1 Å². The molecule has 0 radical (unpaired) electrons. The Bertz CT molecular complexity index is 784. The number of rotatable bonds is 6. The Hall–Kier alpha value is -2.14. The number of hydrogen-bond donors (Lipinski definition) is 1. The van der Waals surface area contributed by atoms with Gasteiger partial charge in [0, 0.05) is 24.2 Å². The molecule has 2 atom stereocenters. The number of carbonyl (C=O) groups is 1. The fourth-order valence-corrected chi connectivity index (χ4v) is 3.54. The summed E-state index contributed by atoms with van der Waals surface area (Å²) in [6.45, 7) is 3.50. The summed E-state index contributed by atoms with van der Waals surface area (Å²) >= 11 is 0. The molecule has 5 nitrogen and oxygen atoms in total. The summed E-state index contributed by atoms with van der Waals surface area (Å²) in [6, 6.07) is 8.85. The van der Waals surface area contributed by atoms with Gasteiger partial charge in [-0.25, -0.2) is 0 Å². The van der Waals surface area contributed by atoms with Crippen molar-refractivity contribution in [2.45, 2.75) is 45.3 Å². The summed E-state index contributed by atoms with van der Waals surface area (Å²) in [5.41, 5.74) is 0.750. The fourth-order valence-electron chi connectivity index (χ4n) is 3.54. The molecule has 3 rings (SSSR count). The number of aromatic nitrogens is 1. The molecule has 0 unspecified atom stereocenters. The summed E-state index contributed by atoms with van der Waals surface area (Å²) in [4.78, 5) is 24.1. The monoisotopic (exact) mass is 342 g/mol. The van der Waals surface area contributed by atoms with Gasteiger partial charge >= 0.3 is 0 Å². The van der Waals surface area contributed by atoms with Crippen LogP contribution in [0.2, 0.25) is 0 Å². The lowest BCUT2D eigenvalue weighted by Crippen LogP contribution is -2.33. The minimum absolute atomic E-state index is 0.0257. The highest BCUT2D eigenvalue weighted by molar-refractivity contribution is 5.82. The SMILES string of the molecule is C[C@H]1CCCC[C@H]1OCCNC(=O)Cn1ccc(=O)c2ccccc21. The van der Waals surface area contributed by atoms with Gasteiger partial charge < -0.3 is 14.6 Å². The molecule has 1 aliphatic rings. The predicted molar refractivity (Wildman–Crippen MR) is 98.6 cm³/mol. The highest BCUT2D eigenvalue weighted by Crippen LogP contribution is 2.25. The zero-order valence-electron chi connectivity index (χ0n) is 14.7. The fraction of sp³-hybridized carbons (Fsp3) is 0.500. The summed E-state index contributed by atoms with van der Waals surface area (Å²) < 4.78 is 7.72. The van der Waals surface area contributed by atoms with Crippen molar-refractivity contribution in [2.75, 3.05) is 13.2 Å². The van der Waals surface area contributed by atoms with Crippen molar-refractivity contribution >= 4 is 16.8 Å². The average molecular weight is 342 g/mol. The van der Waals surface area contributed by atoms with E-state index in [0.717, 1.165) is 11.9 Å². The van der Waals surface area contributed by atoms with E-state index in [1.807, 2.05) is 18.2 Å². The third-order valence-electron chi connectivity index (χ3n) is 4.99. The molecule has 25 heavy (non-hydrogen) atoms. The molecule has 1 N–H and O–H groups in total. The number of ether oxygens (including phenoxy) is 1. The van der Waals surface area contributed by atoms with Crippen LogP contribution < -0.4 is 10.7 Å². The Morgan fingerprint density at radius 3 is 2.88 bits per heavy atom. The van der Waals surface area contributed by atoms with Crippen molar-refractivity contribution in [3.63, 3.8) is 0 Å². The second-order valence-corrected chi connectivity index (χ2v) is 6.85. The van der Waals surface area contributed by atoms with E-state index in [1.54, 1.807) is 16.8 Å². The first-order valence-electron chi connectivity index (χ1n) is 9.11. The van der Waals surface area contributed by atoms with Crippen LogP contribution in [0.4, 0.5) is 0 Å². The third kappa shape index (κ3) is 4.48. The lowest BCUT2D eigenvalue weighted by molar-refractivity contribution is -0.122. The number of benzene rings is 1. The Kier molecular flexibility index (Phi) is 5.87. The van der Waals surface area contributed by atoms with Crippen LogP contribution in [0.15, 0.2) is 41.3 Å². The van der Waals surface area contributed by atoms with Gasteiger partial charge in [-0.15, -0.1) is 0 Å². The number of nitrogens with zero attached hydrogens (tertiary/aromatic N) is 1. The number of carbonyl (C=O) groups excluding carboxylic acids is 1. The highest BCUT2D eigenvalue weighted by atomic mass is 16.5. The second kappa shape index (κ2) is 8.30. The van der Waals surface area contributed by atoms with Crippen LogP contribution in [0.5, 0.6) is 0 Å². The van der Waals surface area contributed by atoms with Gasteiger partial charge in [0.1, 0.15) is 6.54 Å². The van der Waals surface area contributed by atoms with Crippen LogP contribution in [0.25, 0.3) is 10.9 Å². The van der Waals surface area contributed by atoms with Crippen LogP contribution in [0.1, 0.15) is 32.6 Å². The van der Waals surface area contributed by atoms with Crippen molar-refractivity contribution in [1.82, 2.24) is 9.88 Å². The number of fused-ring (bicyclic) bond motifs is 1. The number of pyridine rings is 1. The molecule has 5 heteroatoms. The Labute approximate surface area is 148 Å². The molecule has 1 aromatic heterocycles. The summed E-state index contributed by atoms with van der Waals surface area (Å²) in [5.74, 6) is 0.533. The predicted octanol–water partition coefficient (Wildman–Crippen LogP) is 2.71. The number of hydrogen-bond acceptors (Lipinski definition) is 3. The van der Waals surface area contributed by atoms with Crippen molar-refractivity contribution < 1.29 is 9.53 Å². The summed E-state index contributed by atoms with van der Waals surface area (Å²) in [5, 5.41) is 3.53. The lowest BCUT2D eigenvalue weighted by atomic mass is 9.88. The zero-order valence-corrected chi connectivity index (χ0v) is 14.7. The largest absolute Gasteiger partial charge is 0.376 e. The molecule has 1 heterocycles. The quantitative estimate of drug-likeness (QED) is 0.821. The maximum atomic E-state index is 12.2. The topological polar surface area (TPSA) is 60.3 Å². The van der Waals surface area contributed by atoms with Gasteiger partial charge in [-0.3, -0.25) is 9.59 Å². The van der Waals surface area contributed by atoms with Gasteiger partial charge in [-0.2, -0.15) is 0 Å². The third-order valence-corrected chi connectivity index (χ3v) is 4.99. The Morgan fingerprint density at radius 2 is 2.04 bits per heavy atom.